The standard InChI is InChI=1S/C16H22OSi/c1-18(2,17-16-6-4-3-5-7-16)12-15-11-13-8-9-14(15)10-13/h3-9,13-15H,10-12H2,1-2H3. The SMILES string of the molecule is C[Si](C)(CC1CC2C=CC1C2)Oc1ccccc1. The number of fused-ring (bicyclic) bond motifs is 2. The van der Waals surface area contributed by atoms with Crippen LogP contribution in [0.4, 0.5) is 0 Å². The van der Waals surface area contributed by atoms with Crippen LogP contribution in [0.2, 0.25) is 19.1 Å². The molecule has 2 bridgehead atoms. The number of hydrogen-bond donors (Lipinski definition) is 0. The van der Waals surface area contributed by atoms with Gasteiger partial charge in [-0.15, -0.1) is 0 Å². The van der Waals surface area contributed by atoms with E-state index in [4.69, 9.17) is 4.43 Å². The number of rotatable bonds is 4. The highest BCUT2D eigenvalue weighted by atomic mass is 28.4. The molecule has 2 heteroatoms. The van der Waals surface area contributed by atoms with Crippen molar-refractivity contribution < 1.29 is 4.43 Å². The zero-order valence-electron chi connectivity index (χ0n) is 11.3. The predicted octanol–water partition coefficient (Wildman–Crippen LogP) is 4.48. The fourth-order valence-electron chi connectivity index (χ4n) is 3.61. The fraction of sp³-hybridized carbons (Fsp3) is 0.500. The van der Waals surface area contributed by atoms with E-state index in [-0.39, 0.29) is 0 Å². The van der Waals surface area contributed by atoms with Gasteiger partial charge in [-0.2, -0.15) is 0 Å². The quantitative estimate of drug-likeness (QED) is 0.571. The number of benzene rings is 1. The molecule has 0 radical (unpaired) electrons. The molecule has 0 N–H and O–H groups in total. The minimum absolute atomic E-state index is 0.848. The van der Waals surface area contributed by atoms with Crippen molar-refractivity contribution >= 4 is 8.32 Å². The van der Waals surface area contributed by atoms with Crippen LogP contribution in [0.5, 0.6) is 5.75 Å². The Kier molecular flexibility index (Phi) is 3.06. The van der Waals surface area contributed by atoms with Crippen LogP contribution in [0.1, 0.15) is 12.8 Å². The van der Waals surface area contributed by atoms with Crippen molar-refractivity contribution in [3.05, 3.63) is 42.5 Å². The molecular weight excluding hydrogens is 236 g/mol. The molecule has 2 aliphatic rings. The third kappa shape index (κ3) is 2.53. The highest BCUT2D eigenvalue weighted by molar-refractivity contribution is 6.71. The zero-order chi connectivity index (χ0) is 12.6. The van der Waals surface area contributed by atoms with E-state index in [0.29, 0.717) is 0 Å². The van der Waals surface area contributed by atoms with Gasteiger partial charge in [0.2, 0.25) is 8.32 Å². The van der Waals surface area contributed by atoms with E-state index in [1.165, 1.54) is 18.9 Å². The van der Waals surface area contributed by atoms with Crippen molar-refractivity contribution in [2.24, 2.45) is 17.8 Å². The monoisotopic (exact) mass is 258 g/mol. The first-order valence-corrected chi connectivity index (χ1v) is 10.2. The Morgan fingerprint density at radius 1 is 1.11 bits per heavy atom. The number of allylic oxidation sites excluding steroid dienone is 2. The number of hydrogen-bond acceptors (Lipinski definition) is 1. The van der Waals surface area contributed by atoms with Gasteiger partial charge in [-0.25, -0.2) is 0 Å². The lowest BCUT2D eigenvalue weighted by molar-refractivity contribution is 0.452. The molecule has 0 aliphatic heterocycles. The summed E-state index contributed by atoms with van der Waals surface area (Å²) in [4.78, 5) is 0. The van der Waals surface area contributed by atoms with Crippen LogP contribution in [0.3, 0.4) is 0 Å². The molecule has 0 heterocycles. The van der Waals surface area contributed by atoms with Crippen LogP contribution >= 0.6 is 0 Å². The molecule has 18 heavy (non-hydrogen) atoms. The summed E-state index contributed by atoms with van der Waals surface area (Å²) in [5, 5.41) is 0. The third-order valence-electron chi connectivity index (χ3n) is 4.31. The summed E-state index contributed by atoms with van der Waals surface area (Å²) in [6.45, 7) is 4.71. The lowest BCUT2D eigenvalue weighted by Gasteiger charge is -2.29. The maximum Gasteiger partial charge on any atom is 0.245 e. The van der Waals surface area contributed by atoms with Gasteiger partial charge in [0, 0.05) is 0 Å². The van der Waals surface area contributed by atoms with E-state index in [0.717, 1.165) is 23.5 Å². The minimum Gasteiger partial charge on any atom is -0.544 e. The van der Waals surface area contributed by atoms with Crippen molar-refractivity contribution in [2.75, 3.05) is 0 Å². The summed E-state index contributed by atoms with van der Waals surface area (Å²) in [5.41, 5.74) is 0. The predicted molar refractivity (Wildman–Crippen MR) is 78.2 cm³/mol. The summed E-state index contributed by atoms with van der Waals surface area (Å²) in [6.07, 6.45) is 7.68. The highest BCUT2D eigenvalue weighted by Crippen LogP contribution is 2.46. The smallest absolute Gasteiger partial charge is 0.245 e. The van der Waals surface area contributed by atoms with Crippen molar-refractivity contribution in [1.82, 2.24) is 0 Å². The van der Waals surface area contributed by atoms with E-state index < -0.39 is 8.32 Å². The average Bonchev–Trinajstić information content (AvgIpc) is 2.90. The van der Waals surface area contributed by atoms with Crippen LogP contribution in [0.15, 0.2) is 42.5 Å². The van der Waals surface area contributed by atoms with E-state index >= 15 is 0 Å². The third-order valence-corrected chi connectivity index (χ3v) is 6.60. The summed E-state index contributed by atoms with van der Waals surface area (Å²) in [6, 6.07) is 11.6. The van der Waals surface area contributed by atoms with Crippen molar-refractivity contribution in [3.8, 4) is 5.75 Å². The molecular formula is C16H22OSi. The fourth-order valence-corrected chi connectivity index (χ4v) is 6.20. The Hall–Kier alpha value is -1.02. The molecule has 1 fully saturated rings. The van der Waals surface area contributed by atoms with E-state index in [1.54, 1.807) is 0 Å². The molecule has 0 aromatic heterocycles. The van der Waals surface area contributed by atoms with Gasteiger partial charge in [0.25, 0.3) is 0 Å². The molecule has 3 rings (SSSR count). The zero-order valence-corrected chi connectivity index (χ0v) is 12.3. The van der Waals surface area contributed by atoms with Crippen molar-refractivity contribution in [2.45, 2.75) is 32.0 Å². The highest BCUT2D eigenvalue weighted by Gasteiger charge is 2.40. The topological polar surface area (TPSA) is 9.23 Å². The van der Waals surface area contributed by atoms with Gasteiger partial charge in [0.05, 0.1) is 0 Å². The molecule has 0 saturated heterocycles. The molecule has 3 unspecified atom stereocenters. The molecule has 1 nitrogen and oxygen atoms in total. The molecule has 1 aromatic carbocycles. The summed E-state index contributed by atoms with van der Waals surface area (Å²) in [5.74, 6) is 3.65. The van der Waals surface area contributed by atoms with Crippen LogP contribution in [0.25, 0.3) is 0 Å². The Bertz CT molecular complexity index is 438. The molecule has 1 aromatic rings. The van der Waals surface area contributed by atoms with Crippen LogP contribution in [0, 0.1) is 17.8 Å². The van der Waals surface area contributed by atoms with Crippen LogP contribution in [-0.2, 0) is 0 Å². The molecule has 0 spiro atoms. The van der Waals surface area contributed by atoms with Crippen molar-refractivity contribution in [1.29, 1.82) is 0 Å². The van der Waals surface area contributed by atoms with Crippen molar-refractivity contribution in [3.63, 3.8) is 0 Å². The second-order valence-corrected chi connectivity index (χ2v) is 10.6. The Balaban J connectivity index is 1.63. The van der Waals surface area contributed by atoms with E-state index in [9.17, 15) is 0 Å². The first kappa shape index (κ1) is 12.0. The maximum absolute atomic E-state index is 6.29. The lowest BCUT2D eigenvalue weighted by Crippen LogP contribution is -2.37. The van der Waals surface area contributed by atoms with Gasteiger partial charge in [-0.3, -0.25) is 0 Å². The molecule has 96 valence electrons. The van der Waals surface area contributed by atoms with Gasteiger partial charge in [0.1, 0.15) is 5.75 Å². The molecule has 3 atom stereocenters. The Morgan fingerprint density at radius 2 is 1.89 bits per heavy atom. The second-order valence-electron chi connectivity index (χ2n) is 6.42. The summed E-state index contributed by atoms with van der Waals surface area (Å²) < 4.78 is 6.29. The van der Waals surface area contributed by atoms with Crippen LogP contribution < -0.4 is 4.43 Å². The molecule has 1 saturated carbocycles. The molecule has 2 aliphatic carbocycles. The maximum atomic E-state index is 6.29. The average molecular weight is 258 g/mol. The minimum atomic E-state index is -1.58. The largest absolute Gasteiger partial charge is 0.544 e. The van der Waals surface area contributed by atoms with Gasteiger partial charge in [-0.1, -0.05) is 30.4 Å². The Labute approximate surface area is 111 Å². The summed E-state index contributed by atoms with van der Waals surface area (Å²) >= 11 is 0. The number of para-hydroxylation sites is 1. The van der Waals surface area contributed by atoms with Gasteiger partial charge in [0.15, 0.2) is 0 Å². The normalized spacial score (nSPS) is 29.8. The lowest BCUT2D eigenvalue weighted by atomic mass is 9.96. The first-order chi connectivity index (χ1) is 8.62. The van der Waals surface area contributed by atoms with E-state index in [2.05, 4.69) is 49.5 Å². The van der Waals surface area contributed by atoms with E-state index in [1.807, 2.05) is 6.07 Å². The van der Waals surface area contributed by atoms with Gasteiger partial charge < -0.3 is 4.43 Å². The molecule has 0 amide bonds. The van der Waals surface area contributed by atoms with Crippen LogP contribution in [-0.4, -0.2) is 8.32 Å². The second kappa shape index (κ2) is 4.58. The van der Waals surface area contributed by atoms with Gasteiger partial charge in [-0.05, 0) is 61.9 Å². The Morgan fingerprint density at radius 3 is 2.50 bits per heavy atom. The summed E-state index contributed by atoms with van der Waals surface area (Å²) in [7, 11) is -1.58. The van der Waals surface area contributed by atoms with Gasteiger partial charge >= 0.3 is 0 Å². The first-order valence-electron chi connectivity index (χ1n) is 7.05.